The van der Waals surface area contributed by atoms with Gasteiger partial charge in [0, 0.05) is 6.20 Å². The van der Waals surface area contributed by atoms with E-state index < -0.39 is 0 Å². The molecule has 0 fully saturated rings. The molecule has 2 nitrogen and oxygen atoms in total. The molecule has 0 radical (unpaired) electrons. The lowest BCUT2D eigenvalue weighted by molar-refractivity contribution is 0.0986. The molecule has 0 bridgehead atoms. The fourth-order valence-corrected chi connectivity index (χ4v) is 2.36. The van der Waals surface area contributed by atoms with E-state index in [-0.39, 0.29) is 11.0 Å². The fourth-order valence-electron chi connectivity index (χ4n) is 1.27. The van der Waals surface area contributed by atoms with Crippen LogP contribution in [0.3, 0.4) is 0 Å². The lowest BCUT2D eigenvalue weighted by Gasteiger charge is -2.07. The minimum absolute atomic E-state index is 0.0191. The van der Waals surface area contributed by atoms with Crippen molar-refractivity contribution < 1.29 is 4.79 Å². The molecule has 0 saturated carbocycles. The molecule has 1 atom stereocenters. The van der Waals surface area contributed by atoms with Crippen molar-refractivity contribution in [2.24, 2.45) is 0 Å². The summed E-state index contributed by atoms with van der Waals surface area (Å²) in [6.07, 6.45) is 4.35. The molecule has 2 heterocycles. The van der Waals surface area contributed by atoms with Gasteiger partial charge in [0.2, 0.25) is 0 Å². The summed E-state index contributed by atoms with van der Waals surface area (Å²) in [5, 5.41) is 2.34. The molecular weight excluding hydrogens is 218 g/mol. The summed E-state index contributed by atoms with van der Waals surface area (Å²) in [6, 6.07) is 3.41. The zero-order valence-corrected chi connectivity index (χ0v) is 8.89. The number of hydrogen-bond donors (Lipinski definition) is 0. The van der Waals surface area contributed by atoms with Crippen molar-refractivity contribution in [3.8, 4) is 0 Å². The number of Topliss-reactive ketones (excluding diaryl/α,β-unsaturated/α-hetero) is 1. The number of allylic oxidation sites excluding steroid dienone is 1. The van der Waals surface area contributed by atoms with E-state index in [4.69, 9.17) is 11.6 Å². The summed E-state index contributed by atoms with van der Waals surface area (Å²) < 4.78 is 0. The quantitative estimate of drug-likeness (QED) is 0.725. The van der Waals surface area contributed by atoms with Crippen LogP contribution in [0.5, 0.6) is 0 Å². The number of thioether (sulfide) groups is 1. The number of halogens is 1. The third kappa shape index (κ3) is 1.83. The first-order valence-corrected chi connectivity index (χ1v) is 5.56. The number of ketones is 1. The topological polar surface area (TPSA) is 30.0 Å². The van der Waals surface area contributed by atoms with Crippen molar-refractivity contribution in [1.82, 2.24) is 4.98 Å². The Morgan fingerprint density at radius 3 is 3.14 bits per heavy atom. The molecule has 2 rings (SSSR count). The maximum Gasteiger partial charge on any atom is 0.196 e. The second-order valence-electron chi connectivity index (χ2n) is 2.93. The van der Waals surface area contributed by atoms with Gasteiger partial charge in [-0.1, -0.05) is 17.7 Å². The van der Waals surface area contributed by atoms with Gasteiger partial charge in [-0.3, -0.25) is 9.78 Å². The van der Waals surface area contributed by atoms with Crippen LogP contribution < -0.4 is 0 Å². The third-order valence-corrected chi connectivity index (χ3v) is 3.36. The fraction of sp³-hybridized carbons (Fsp3) is 0.200. The molecule has 0 aliphatic carbocycles. The van der Waals surface area contributed by atoms with Crippen molar-refractivity contribution in [2.45, 2.75) is 11.7 Å². The van der Waals surface area contributed by atoms with Gasteiger partial charge in [0.05, 0.1) is 10.3 Å². The van der Waals surface area contributed by atoms with Crippen molar-refractivity contribution in [3.63, 3.8) is 0 Å². The number of rotatable bonds is 2. The van der Waals surface area contributed by atoms with Crippen LogP contribution in [0.4, 0.5) is 0 Å². The SMILES string of the molecule is O=C(c1ncccc1Cl)C1CC=CS1. The molecule has 0 N–H and O–H groups in total. The monoisotopic (exact) mass is 225 g/mol. The van der Waals surface area contributed by atoms with Gasteiger partial charge in [-0.25, -0.2) is 0 Å². The molecule has 0 saturated heterocycles. The highest BCUT2D eigenvalue weighted by Gasteiger charge is 2.24. The van der Waals surface area contributed by atoms with Gasteiger partial charge in [0.25, 0.3) is 0 Å². The molecule has 0 amide bonds. The summed E-state index contributed by atoms with van der Waals surface area (Å²) in [5.41, 5.74) is 0.385. The molecular formula is C10H8ClNOS. The van der Waals surface area contributed by atoms with Gasteiger partial charge in [-0.05, 0) is 24.0 Å². The number of hydrogen-bond acceptors (Lipinski definition) is 3. The minimum atomic E-state index is -0.0394. The van der Waals surface area contributed by atoms with Crippen LogP contribution >= 0.6 is 23.4 Å². The molecule has 1 aliphatic rings. The minimum Gasteiger partial charge on any atom is -0.291 e. The second-order valence-corrected chi connectivity index (χ2v) is 4.45. The van der Waals surface area contributed by atoms with Crippen LogP contribution in [-0.4, -0.2) is 16.0 Å². The van der Waals surface area contributed by atoms with E-state index in [0.29, 0.717) is 10.7 Å². The number of pyridine rings is 1. The predicted molar refractivity (Wildman–Crippen MR) is 58.7 cm³/mol. The average Bonchev–Trinajstić information content (AvgIpc) is 2.70. The van der Waals surface area contributed by atoms with Gasteiger partial charge >= 0.3 is 0 Å². The van der Waals surface area contributed by atoms with Gasteiger partial charge in [0.1, 0.15) is 5.69 Å². The standard InChI is InChI=1S/C10H8ClNOS/c11-7-3-1-5-12-9(7)10(13)8-4-2-6-14-8/h1-3,5-6,8H,4H2. The molecule has 1 aromatic heterocycles. The summed E-state index contributed by atoms with van der Waals surface area (Å²) in [4.78, 5) is 15.9. The van der Waals surface area contributed by atoms with Gasteiger partial charge < -0.3 is 0 Å². The van der Waals surface area contributed by atoms with Crippen LogP contribution in [0, 0.1) is 0 Å². The van der Waals surface area contributed by atoms with Gasteiger partial charge in [-0.15, -0.1) is 11.8 Å². The molecule has 0 spiro atoms. The zero-order valence-electron chi connectivity index (χ0n) is 7.31. The molecule has 4 heteroatoms. The molecule has 1 unspecified atom stereocenters. The first-order valence-electron chi connectivity index (χ1n) is 4.24. The number of aromatic nitrogens is 1. The average molecular weight is 226 g/mol. The molecule has 0 aromatic carbocycles. The van der Waals surface area contributed by atoms with Crippen molar-refractivity contribution >= 4 is 29.1 Å². The summed E-state index contributed by atoms with van der Waals surface area (Å²) in [6.45, 7) is 0. The molecule has 14 heavy (non-hydrogen) atoms. The predicted octanol–water partition coefficient (Wildman–Crippen LogP) is 2.94. The van der Waals surface area contributed by atoms with Crippen LogP contribution in [0.2, 0.25) is 5.02 Å². The first-order chi connectivity index (χ1) is 6.79. The Hall–Kier alpha value is -0.800. The smallest absolute Gasteiger partial charge is 0.196 e. The summed E-state index contributed by atoms with van der Waals surface area (Å²) in [5.74, 6) is 0.0191. The van der Waals surface area contributed by atoms with E-state index in [0.717, 1.165) is 6.42 Å². The molecule has 1 aliphatic heterocycles. The zero-order chi connectivity index (χ0) is 9.97. The highest BCUT2D eigenvalue weighted by Crippen LogP contribution is 2.28. The summed E-state index contributed by atoms with van der Waals surface area (Å²) >= 11 is 7.41. The third-order valence-electron chi connectivity index (χ3n) is 1.97. The van der Waals surface area contributed by atoms with E-state index in [1.54, 1.807) is 18.3 Å². The number of carbonyl (C=O) groups is 1. The molecule has 72 valence electrons. The normalized spacial score (nSPS) is 19.9. The molecule has 1 aromatic rings. The van der Waals surface area contributed by atoms with Gasteiger partial charge in [-0.2, -0.15) is 0 Å². The van der Waals surface area contributed by atoms with E-state index in [1.165, 1.54) is 11.8 Å². The Labute approximate surface area is 91.4 Å². The highest BCUT2D eigenvalue weighted by molar-refractivity contribution is 8.03. The number of nitrogens with zero attached hydrogens (tertiary/aromatic N) is 1. The van der Waals surface area contributed by atoms with Crippen LogP contribution in [0.25, 0.3) is 0 Å². The second kappa shape index (κ2) is 4.15. The number of carbonyl (C=O) groups excluding carboxylic acids is 1. The van der Waals surface area contributed by atoms with Crippen molar-refractivity contribution in [2.75, 3.05) is 0 Å². The Bertz CT molecular complexity index is 383. The lowest BCUT2D eigenvalue weighted by Crippen LogP contribution is -2.16. The van der Waals surface area contributed by atoms with E-state index >= 15 is 0 Å². The van der Waals surface area contributed by atoms with E-state index in [1.807, 2.05) is 11.5 Å². The van der Waals surface area contributed by atoms with Crippen LogP contribution in [-0.2, 0) is 0 Å². The van der Waals surface area contributed by atoms with E-state index in [2.05, 4.69) is 4.98 Å². The van der Waals surface area contributed by atoms with Gasteiger partial charge in [0.15, 0.2) is 5.78 Å². The highest BCUT2D eigenvalue weighted by atomic mass is 35.5. The Morgan fingerprint density at radius 2 is 2.50 bits per heavy atom. The van der Waals surface area contributed by atoms with Crippen molar-refractivity contribution in [3.05, 3.63) is 40.5 Å². The lowest BCUT2D eigenvalue weighted by atomic mass is 10.1. The first kappa shape index (κ1) is 9.74. The van der Waals surface area contributed by atoms with E-state index in [9.17, 15) is 4.79 Å². The largest absolute Gasteiger partial charge is 0.291 e. The maximum atomic E-state index is 11.9. The Kier molecular flexibility index (Phi) is 2.89. The maximum absolute atomic E-state index is 11.9. The summed E-state index contributed by atoms with van der Waals surface area (Å²) in [7, 11) is 0. The Balaban J connectivity index is 2.23. The van der Waals surface area contributed by atoms with Crippen LogP contribution in [0.15, 0.2) is 29.8 Å². The van der Waals surface area contributed by atoms with Crippen LogP contribution in [0.1, 0.15) is 16.9 Å². The Morgan fingerprint density at radius 1 is 1.64 bits per heavy atom. The van der Waals surface area contributed by atoms with Crippen molar-refractivity contribution in [1.29, 1.82) is 0 Å².